The average molecular weight is 359 g/mol. The molecule has 2 aromatic carbocycles. The minimum atomic E-state index is -0.559. The maximum atomic E-state index is 13.0. The van der Waals surface area contributed by atoms with Gasteiger partial charge in [0.05, 0.1) is 26.3 Å². The molecule has 0 bridgehead atoms. The molecule has 0 amide bonds. The minimum Gasteiger partial charge on any atom is -0.493 e. The molecule has 0 unspecified atom stereocenters. The van der Waals surface area contributed by atoms with Crippen molar-refractivity contribution < 1.29 is 23.5 Å². The lowest BCUT2D eigenvalue weighted by molar-refractivity contribution is -0.400. The van der Waals surface area contributed by atoms with Crippen LogP contribution in [-0.4, -0.2) is 26.3 Å². The highest BCUT2D eigenvalue weighted by molar-refractivity contribution is 5.82. The van der Waals surface area contributed by atoms with Crippen molar-refractivity contribution in [1.82, 2.24) is 0 Å². The monoisotopic (exact) mass is 359 g/mol. The summed E-state index contributed by atoms with van der Waals surface area (Å²) in [6.07, 6.45) is 5.63. The molecule has 0 spiro atoms. The molecule has 6 nitrogen and oxygen atoms in total. The van der Waals surface area contributed by atoms with Gasteiger partial charge in [-0.05, 0) is 35.4 Å². The first-order chi connectivity index (χ1) is 12.5. The third-order valence-corrected chi connectivity index (χ3v) is 3.59. The Morgan fingerprint density at radius 2 is 1.62 bits per heavy atom. The van der Waals surface area contributed by atoms with Gasteiger partial charge in [-0.3, -0.25) is 10.1 Å². The maximum Gasteiger partial charge on any atom is 0.235 e. The summed E-state index contributed by atoms with van der Waals surface area (Å²) in [5.41, 5.74) is 1.83. The summed E-state index contributed by atoms with van der Waals surface area (Å²) in [5.74, 6) is 0.784. The van der Waals surface area contributed by atoms with E-state index in [1.165, 1.54) is 39.5 Å². The second-order valence-corrected chi connectivity index (χ2v) is 5.13. The molecule has 0 aromatic heterocycles. The summed E-state index contributed by atoms with van der Waals surface area (Å²) in [5, 5.41) is 10.7. The normalized spacial score (nSPS) is 11.1. The Kier molecular flexibility index (Phi) is 6.32. The van der Waals surface area contributed by atoms with Crippen LogP contribution in [0.3, 0.4) is 0 Å². The smallest absolute Gasteiger partial charge is 0.235 e. The number of methoxy groups -OCH3 is 3. The van der Waals surface area contributed by atoms with Gasteiger partial charge in [-0.25, -0.2) is 4.39 Å². The third kappa shape index (κ3) is 4.38. The Balaban J connectivity index is 2.62. The molecule has 0 aliphatic heterocycles. The predicted molar refractivity (Wildman–Crippen MR) is 97.5 cm³/mol. The number of hydrogen-bond donors (Lipinski definition) is 0. The Morgan fingerprint density at radius 3 is 2.15 bits per heavy atom. The number of ether oxygens (including phenoxy) is 3. The fourth-order valence-corrected chi connectivity index (χ4v) is 2.40. The van der Waals surface area contributed by atoms with E-state index in [0.717, 1.165) is 11.8 Å². The van der Waals surface area contributed by atoms with E-state index < -0.39 is 4.92 Å². The van der Waals surface area contributed by atoms with Gasteiger partial charge in [0.15, 0.2) is 11.5 Å². The molecule has 0 fully saturated rings. The van der Waals surface area contributed by atoms with Crippen LogP contribution < -0.4 is 14.2 Å². The second-order valence-electron chi connectivity index (χ2n) is 5.13. The molecule has 0 saturated carbocycles. The maximum absolute atomic E-state index is 13.0. The largest absolute Gasteiger partial charge is 0.493 e. The van der Waals surface area contributed by atoms with Crippen LogP contribution in [0.2, 0.25) is 0 Å². The van der Waals surface area contributed by atoms with Crippen LogP contribution in [0.1, 0.15) is 16.7 Å². The molecule has 7 heteroatoms. The van der Waals surface area contributed by atoms with E-state index in [4.69, 9.17) is 14.2 Å². The zero-order valence-electron chi connectivity index (χ0n) is 14.6. The van der Waals surface area contributed by atoms with Crippen molar-refractivity contribution in [2.45, 2.75) is 0 Å². The lowest BCUT2D eigenvalue weighted by Crippen LogP contribution is -1.99. The highest BCUT2D eigenvalue weighted by Crippen LogP contribution is 2.43. The third-order valence-electron chi connectivity index (χ3n) is 3.59. The fraction of sp³-hybridized carbons (Fsp3) is 0.158. The van der Waals surface area contributed by atoms with Gasteiger partial charge in [-0.2, -0.15) is 0 Å². The fourth-order valence-electron chi connectivity index (χ4n) is 2.40. The first-order valence-electron chi connectivity index (χ1n) is 7.58. The molecule has 0 radical (unpaired) electrons. The van der Waals surface area contributed by atoms with Gasteiger partial charge in [0.2, 0.25) is 11.9 Å². The Labute approximate surface area is 150 Å². The van der Waals surface area contributed by atoms with Gasteiger partial charge < -0.3 is 14.2 Å². The lowest BCUT2D eigenvalue weighted by Gasteiger charge is -2.16. The van der Waals surface area contributed by atoms with Crippen LogP contribution in [0.5, 0.6) is 17.2 Å². The summed E-state index contributed by atoms with van der Waals surface area (Å²) < 4.78 is 29.1. The molecular weight excluding hydrogens is 341 g/mol. The first kappa shape index (κ1) is 19.0. The summed E-state index contributed by atoms with van der Waals surface area (Å²) in [6.45, 7) is 0. The highest BCUT2D eigenvalue weighted by Gasteiger charge is 2.18. The van der Waals surface area contributed by atoms with Gasteiger partial charge in [0, 0.05) is 11.6 Å². The van der Waals surface area contributed by atoms with Gasteiger partial charge in [0.1, 0.15) is 5.82 Å². The van der Waals surface area contributed by atoms with Gasteiger partial charge in [-0.15, -0.1) is 0 Å². The Morgan fingerprint density at radius 1 is 0.962 bits per heavy atom. The topological polar surface area (TPSA) is 70.8 Å². The van der Waals surface area contributed by atoms with E-state index in [2.05, 4.69) is 0 Å². The Bertz CT molecular complexity index is 844. The van der Waals surface area contributed by atoms with Crippen molar-refractivity contribution in [2.75, 3.05) is 21.3 Å². The van der Waals surface area contributed by atoms with E-state index in [9.17, 15) is 14.5 Å². The molecule has 0 atom stereocenters. The summed E-state index contributed by atoms with van der Waals surface area (Å²) in [7, 11) is 4.40. The van der Waals surface area contributed by atoms with Crippen LogP contribution in [0.4, 0.5) is 4.39 Å². The van der Waals surface area contributed by atoms with Crippen molar-refractivity contribution in [3.05, 3.63) is 69.2 Å². The van der Waals surface area contributed by atoms with Crippen molar-refractivity contribution >= 4 is 18.2 Å². The predicted octanol–water partition coefficient (Wildman–Crippen LogP) is 4.27. The van der Waals surface area contributed by atoms with Gasteiger partial charge in [-0.1, -0.05) is 18.2 Å². The summed E-state index contributed by atoms with van der Waals surface area (Å²) >= 11 is 0. The second kappa shape index (κ2) is 8.66. The van der Waals surface area contributed by atoms with E-state index in [-0.39, 0.29) is 5.82 Å². The summed E-state index contributed by atoms with van der Waals surface area (Å²) in [4.78, 5) is 10.1. The Hall–Kier alpha value is -3.35. The van der Waals surface area contributed by atoms with E-state index in [1.807, 2.05) is 0 Å². The number of nitro groups is 1. The van der Waals surface area contributed by atoms with Crippen LogP contribution in [0.25, 0.3) is 18.2 Å². The molecule has 26 heavy (non-hydrogen) atoms. The van der Waals surface area contributed by atoms with Crippen LogP contribution >= 0.6 is 0 Å². The number of rotatable bonds is 7. The molecular formula is C19H18FNO5. The van der Waals surface area contributed by atoms with Gasteiger partial charge >= 0.3 is 0 Å². The van der Waals surface area contributed by atoms with Crippen molar-refractivity contribution in [3.63, 3.8) is 0 Å². The zero-order valence-corrected chi connectivity index (χ0v) is 14.6. The SMILES string of the molecule is COc1cc(/C=C/[N+](=O)[O-])c(/C=C/c2ccc(F)cc2)c(OC)c1OC. The molecule has 2 aromatic rings. The molecule has 0 N–H and O–H groups in total. The zero-order chi connectivity index (χ0) is 19.1. The van der Waals surface area contributed by atoms with Crippen LogP contribution in [-0.2, 0) is 0 Å². The van der Waals surface area contributed by atoms with E-state index >= 15 is 0 Å². The molecule has 0 aliphatic carbocycles. The average Bonchev–Trinajstić information content (AvgIpc) is 2.64. The number of nitrogens with zero attached hydrogens (tertiary/aromatic N) is 1. The van der Waals surface area contributed by atoms with E-state index in [0.29, 0.717) is 28.4 Å². The quantitative estimate of drug-likeness (QED) is 0.419. The van der Waals surface area contributed by atoms with Crippen LogP contribution in [0.15, 0.2) is 36.5 Å². The number of benzene rings is 2. The number of hydrogen-bond acceptors (Lipinski definition) is 5. The van der Waals surface area contributed by atoms with Crippen LogP contribution in [0, 0.1) is 15.9 Å². The minimum absolute atomic E-state index is 0.333. The van der Waals surface area contributed by atoms with E-state index in [1.54, 1.807) is 30.4 Å². The molecule has 2 rings (SSSR count). The van der Waals surface area contributed by atoms with Crippen molar-refractivity contribution in [3.8, 4) is 17.2 Å². The molecule has 0 heterocycles. The number of halogens is 1. The molecule has 0 aliphatic rings. The highest BCUT2D eigenvalue weighted by atomic mass is 19.1. The van der Waals surface area contributed by atoms with Crippen molar-refractivity contribution in [2.24, 2.45) is 0 Å². The lowest BCUT2D eigenvalue weighted by atomic mass is 10.0. The first-order valence-corrected chi connectivity index (χ1v) is 7.58. The van der Waals surface area contributed by atoms with Gasteiger partial charge in [0.25, 0.3) is 0 Å². The molecule has 0 saturated heterocycles. The summed E-state index contributed by atoms with van der Waals surface area (Å²) in [6, 6.07) is 7.54. The molecule has 136 valence electrons. The van der Waals surface area contributed by atoms with Crippen molar-refractivity contribution in [1.29, 1.82) is 0 Å². The standard InChI is InChI=1S/C19H18FNO5/c1-24-17-12-14(10-11-21(22)23)16(18(25-2)19(17)26-3)9-6-13-4-7-15(20)8-5-13/h4-12H,1-3H3/b9-6+,11-10+.